The number of halogens is 2. The van der Waals surface area contributed by atoms with Crippen molar-refractivity contribution < 1.29 is 4.39 Å². The maximum atomic E-state index is 13.4. The van der Waals surface area contributed by atoms with E-state index in [0.717, 1.165) is 0 Å². The molecule has 0 spiro atoms. The summed E-state index contributed by atoms with van der Waals surface area (Å²) in [5.41, 5.74) is 0.631. The van der Waals surface area contributed by atoms with Gasteiger partial charge in [0.15, 0.2) is 0 Å². The highest BCUT2D eigenvalue weighted by Gasteiger charge is 2.09. The molecule has 0 aliphatic heterocycles. The average Bonchev–Trinajstić information content (AvgIpc) is 2.71. The summed E-state index contributed by atoms with van der Waals surface area (Å²) < 4.78 is 14.8. The van der Waals surface area contributed by atoms with Crippen molar-refractivity contribution >= 4 is 11.6 Å². The van der Waals surface area contributed by atoms with Gasteiger partial charge >= 0.3 is 0 Å². The molecule has 0 N–H and O–H groups in total. The molecule has 0 saturated heterocycles. The largest absolute Gasteiger partial charge is 0.238 e. The van der Waals surface area contributed by atoms with Crippen molar-refractivity contribution in [1.82, 2.24) is 15.0 Å². The molecule has 2 aromatic rings. The molecule has 0 bridgehead atoms. The Hall–Kier alpha value is -1.93. The summed E-state index contributed by atoms with van der Waals surface area (Å²) in [6.07, 6.45) is 1.50. The number of nitrogens with zero attached hydrogens (tertiary/aromatic N) is 4. The molecule has 1 aromatic carbocycles. The highest BCUT2D eigenvalue weighted by atomic mass is 35.5. The second kappa shape index (κ2) is 4.29. The molecule has 1 heterocycles. The normalized spacial score (nSPS) is 10.1. The zero-order chi connectivity index (χ0) is 11.5. The molecule has 0 unspecified atom stereocenters. The number of nitriles is 1. The van der Waals surface area contributed by atoms with Crippen LogP contribution in [-0.4, -0.2) is 15.0 Å². The Labute approximate surface area is 95.9 Å². The van der Waals surface area contributed by atoms with Gasteiger partial charge in [-0.05, 0) is 18.2 Å². The Morgan fingerprint density at radius 1 is 1.50 bits per heavy atom. The quantitative estimate of drug-likeness (QED) is 0.804. The smallest absolute Gasteiger partial charge is 0.132 e. The van der Waals surface area contributed by atoms with Crippen LogP contribution in [0, 0.1) is 17.1 Å². The average molecular weight is 237 g/mol. The Bertz CT molecular complexity index is 558. The van der Waals surface area contributed by atoms with Gasteiger partial charge in [0, 0.05) is 10.6 Å². The lowest BCUT2D eigenvalue weighted by molar-refractivity contribution is 0.630. The van der Waals surface area contributed by atoms with Crippen LogP contribution in [-0.2, 0) is 6.54 Å². The van der Waals surface area contributed by atoms with Gasteiger partial charge < -0.3 is 0 Å². The first-order valence-corrected chi connectivity index (χ1v) is 4.81. The van der Waals surface area contributed by atoms with Crippen molar-refractivity contribution in [3.8, 4) is 17.3 Å². The minimum Gasteiger partial charge on any atom is -0.238 e. The molecule has 4 nitrogen and oxygen atoms in total. The third-order valence-electron chi connectivity index (χ3n) is 1.98. The van der Waals surface area contributed by atoms with Crippen LogP contribution in [0.25, 0.3) is 11.3 Å². The monoisotopic (exact) mass is 236 g/mol. The number of aromatic nitrogens is 3. The molecular weight excluding hydrogens is 231 g/mol. The molecule has 16 heavy (non-hydrogen) atoms. The van der Waals surface area contributed by atoms with Gasteiger partial charge in [0.25, 0.3) is 0 Å². The van der Waals surface area contributed by atoms with Gasteiger partial charge in [-0.25, -0.2) is 9.07 Å². The summed E-state index contributed by atoms with van der Waals surface area (Å²) in [5.74, 6) is -0.423. The zero-order valence-electron chi connectivity index (χ0n) is 8.06. The second-order valence-electron chi connectivity index (χ2n) is 3.08. The maximum absolute atomic E-state index is 13.4. The Morgan fingerprint density at radius 2 is 2.31 bits per heavy atom. The first-order valence-electron chi connectivity index (χ1n) is 4.43. The van der Waals surface area contributed by atoms with Gasteiger partial charge in [-0.15, -0.1) is 5.10 Å². The third kappa shape index (κ3) is 2.02. The van der Waals surface area contributed by atoms with Crippen molar-refractivity contribution in [2.24, 2.45) is 0 Å². The fourth-order valence-corrected chi connectivity index (χ4v) is 1.44. The molecule has 0 atom stereocenters. The van der Waals surface area contributed by atoms with E-state index in [2.05, 4.69) is 10.3 Å². The van der Waals surface area contributed by atoms with Crippen LogP contribution in [0.4, 0.5) is 4.39 Å². The van der Waals surface area contributed by atoms with Gasteiger partial charge in [0.2, 0.25) is 0 Å². The Morgan fingerprint density at radius 3 is 3.06 bits per heavy atom. The number of benzene rings is 1. The lowest BCUT2D eigenvalue weighted by Gasteiger charge is -1.98. The minimum absolute atomic E-state index is 0.0786. The summed E-state index contributed by atoms with van der Waals surface area (Å²) in [4.78, 5) is 0. The van der Waals surface area contributed by atoms with E-state index in [1.54, 1.807) is 0 Å². The molecule has 0 radical (unpaired) electrons. The highest BCUT2D eigenvalue weighted by molar-refractivity contribution is 6.30. The van der Waals surface area contributed by atoms with Crippen LogP contribution in [0.1, 0.15) is 0 Å². The molecule has 6 heteroatoms. The van der Waals surface area contributed by atoms with E-state index in [9.17, 15) is 4.39 Å². The number of hydrogen-bond donors (Lipinski definition) is 0. The SMILES string of the molecule is N#CCn1cc(-c2cc(Cl)ccc2F)nn1. The Kier molecular flexibility index (Phi) is 2.84. The van der Waals surface area contributed by atoms with E-state index in [-0.39, 0.29) is 12.1 Å². The minimum atomic E-state index is -0.423. The van der Waals surface area contributed by atoms with Crippen molar-refractivity contribution in [2.75, 3.05) is 0 Å². The summed E-state index contributed by atoms with van der Waals surface area (Å²) in [6.45, 7) is 0.0786. The zero-order valence-corrected chi connectivity index (χ0v) is 8.82. The van der Waals surface area contributed by atoms with Crippen molar-refractivity contribution in [1.29, 1.82) is 5.26 Å². The number of rotatable bonds is 2. The summed E-state index contributed by atoms with van der Waals surface area (Å²) in [5, 5.41) is 16.3. The molecular formula is C10H6ClFN4. The molecule has 2 rings (SSSR count). The summed E-state index contributed by atoms with van der Waals surface area (Å²) in [7, 11) is 0. The molecule has 0 aliphatic carbocycles. The fraction of sp³-hybridized carbons (Fsp3) is 0.100. The summed E-state index contributed by atoms with van der Waals surface area (Å²) >= 11 is 5.76. The Balaban J connectivity index is 2.42. The highest BCUT2D eigenvalue weighted by Crippen LogP contribution is 2.23. The van der Waals surface area contributed by atoms with Gasteiger partial charge in [-0.1, -0.05) is 16.8 Å². The van der Waals surface area contributed by atoms with Gasteiger partial charge in [0.1, 0.15) is 18.1 Å². The van der Waals surface area contributed by atoms with Crippen LogP contribution < -0.4 is 0 Å². The second-order valence-corrected chi connectivity index (χ2v) is 3.52. The third-order valence-corrected chi connectivity index (χ3v) is 2.21. The maximum Gasteiger partial charge on any atom is 0.132 e. The van der Waals surface area contributed by atoms with E-state index < -0.39 is 5.82 Å². The topological polar surface area (TPSA) is 54.5 Å². The lowest BCUT2D eigenvalue weighted by atomic mass is 10.1. The van der Waals surface area contributed by atoms with Gasteiger partial charge in [-0.3, -0.25) is 0 Å². The fourth-order valence-electron chi connectivity index (χ4n) is 1.27. The predicted molar refractivity (Wildman–Crippen MR) is 56.0 cm³/mol. The van der Waals surface area contributed by atoms with Crippen molar-refractivity contribution in [2.45, 2.75) is 6.54 Å². The molecule has 0 fully saturated rings. The van der Waals surface area contributed by atoms with Crippen molar-refractivity contribution in [3.63, 3.8) is 0 Å². The van der Waals surface area contributed by atoms with Crippen LogP contribution in [0.3, 0.4) is 0 Å². The summed E-state index contributed by atoms with van der Waals surface area (Å²) in [6, 6.07) is 6.11. The first kappa shape index (κ1) is 10.6. The van der Waals surface area contributed by atoms with E-state index in [1.165, 1.54) is 29.1 Å². The van der Waals surface area contributed by atoms with Crippen LogP contribution in [0.5, 0.6) is 0 Å². The molecule has 0 amide bonds. The van der Waals surface area contributed by atoms with Gasteiger partial charge in [0.05, 0.1) is 12.3 Å². The van der Waals surface area contributed by atoms with E-state index >= 15 is 0 Å². The van der Waals surface area contributed by atoms with Crippen molar-refractivity contribution in [3.05, 3.63) is 35.2 Å². The predicted octanol–water partition coefficient (Wildman–Crippen LogP) is 2.26. The van der Waals surface area contributed by atoms with Crippen LogP contribution in [0.15, 0.2) is 24.4 Å². The van der Waals surface area contributed by atoms with Crippen LogP contribution in [0.2, 0.25) is 5.02 Å². The lowest BCUT2D eigenvalue weighted by Crippen LogP contribution is -1.94. The first-order chi connectivity index (χ1) is 7.70. The molecule has 0 saturated carbocycles. The van der Waals surface area contributed by atoms with E-state index in [0.29, 0.717) is 10.7 Å². The van der Waals surface area contributed by atoms with E-state index in [1.807, 2.05) is 6.07 Å². The van der Waals surface area contributed by atoms with Crippen LogP contribution >= 0.6 is 11.6 Å². The molecule has 80 valence electrons. The van der Waals surface area contributed by atoms with Gasteiger partial charge in [-0.2, -0.15) is 5.26 Å². The molecule has 1 aromatic heterocycles. The van der Waals surface area contributed by atoms with E-state index in [4.69, 9.17) is 16.9 Å². The standard InChI is InChI=1S/C10H6ClFN4/c11-7-1-2-9(12)8(5-7)10-6-16(4-3-13)15-14-10/h1-2,5-6H,4H2. The molecule has 0 aliphatic rings. The number of hydrogen-bond acceptors (Lipinski definition) is 3.